The Labute approximate surface area is 95.5 Å². The molecule has 0 radical (unpaired) electrons. The normalized spacial score (nSPS) is 16.8. The van der Waals surface area contributed by atoms with E-state index >= 15 is 0 Å². The molecule has 1 aliphatic carbocycles. The molecular weight excluding hydrogens is 202 g/mol. The van der Waals surface area contributed by atoms with Crippen molar-refractivity contribution in [3.8, 4) is 5.75 Å². The van der Waals surface area contributed by atoms with Crippen molar-refractivity contribution in [3.05, 3.63) is 29.8 Å². The molecule has 3 heteroatoms. The second kappa shape index (κ2) is 4.56. The van der Waals surface area contributed by atoms with Crippen LogP contribution in [0.2, 0.25) is 0 Å². The van der Waals surface area contributed by atoms with Crippen LogP contribution in [0.4, 0.5) is 0 Å². The Morgan fingerprint density at radius 3 is 2.75 bits per heavy atom. The first kappa shape index (κ1) is 11.0. The Balaban J connectivity index is 2.09. The smallest absolute Gasteiger partial charge is 0.223 e. The maximum atomic E-state index is 11.7. The Kier molecular flexibility index (Phi) is 3.13. The summed E-state index contributed by atoms with van der Waals surface area (Å²) in [6.07, 6.45) is 2.79. The third-order valence-corrected chi connectivity index (χ3v) is 2.99. The molecule has 1 aromatic rings. The zero-order valence-electron chi connectivity index (χ0n) is 9.44. The SMILES string of the molecule is CC[C@H](NC(=O)C1CC1)c1ccccc1O. The average Bonchev–Trinajstić information content (AvgIpc) is 3.10. The van der Waals surface area contributed by atoms with Gasteiger partial charge in [0.05, 0.1) is 6.04 Å². The Morgan fingerprint density at radius 2 is 2.19 bits per heavy atom. The monoisotopic (exact) mass is 219 g/mol. The summed E-state index contributed by atoms with van der Waals surface area (Å²) in [4.78, 5) is 11.7. The van der Waals surface area contributed by atoms with E-state index in [1.54, 1.807) is 12.1 Å². The van der Waals surface area contributed by atoms with Crippen molar-refractivity contribution in [2.75, 3.05) is 0 Å². The molecule has 2 N–H and O–H groups in total. The van der Waals surface area contributed by atoms with Gasteiger partial charge in [0.25, 0.3) is 0 Å². The van der Waals surface area contributed by atoms with E-state index in [-0.39, 0.29) is 23.6 Å². The lowest BCUT2D eigenvalue weighted by Crippen LogP contribution is -2.29. The second-order valence-corrected chi connectivity index (χ2v) is 4.30. The average molecular weight is 219 g/mol. The van der Waals surface area contributed by atoms with E-state index in [9.17, 15) is 9.90 Å². The van der Waals surface area contributed by atoms with Gasteiger partial charge in [0.15, 0.2) is 0 Å². The van der Waals surface area contributed by atoms with Gasteiger partial charge in [0.2, 0.25) is 5.91 Å². The van der Waals surface area contributed by atoms with Crippen molar-refractivity contribution in [1.82, 2.24) is 5.32 Å². The van der Waals surface area contributed by atoms with Crippen LogP contribution in [0.3, 0.4) is 0 Å². The Bertz CT molecular complexity index is 385. The highest BCUT2D eigenvalue weighted by atomic mass is 16.3. The number of nitrogens with one attached hydrogen (secondary N) is 1. The number of carbonyl (C=O) groups excluding carboxylic acids is 1. The number of benzene rings is 1. The van der Waals surface area contributed by atoms with Gasteiger partial charge in [0, 0.05) is 11.5 Å². The maximum Gasteiger partial charge on any atom is 0.223 e. The van der Waals surface area contributed by atoms with Crippen LogP contribution in [0.5, 0.6) is 5.75 Å². The molecule has 0 unspecified atom stereocenters. The van der Waals surface area contributed by atoms with E-state index in [2.05, 4.69) is 5.32 Å². The number of para-hydroxylation sites is 1. The molecule has 0 heterocycles. The second-order valence-electron chi connectivity index (χ2n) is 4.30. The molecule has 86 valence electrons. The molecular formula is C13H17NO2. The first-order valence-electron chi connectivity index (χ1n) is 5.80. The largest absolute Gasteiger partial charge is 0.508 e. The summed E-state index contributed by atoms with van der Waals surface area (Å²) in [7, 11) is 0. The van der Waals surface area contributed by atoms with Gasteiger partial charge < -0.3 is 10.4 Å². The Morgan fingerprint density at radius 1 is 1.50 bits per heavy atom. The minimum Gasteiger partial charge on any atom is -0.508 e. The predicted molar refractivity (Wildman–Crippen MR) is 62.0 cm³/mol. The lowest BCUT2D eigenvalue weighted by atomic mass is 10.0. The van der Waals surface area contributed by atoms with Crippen LogP contribution in [-0.2, 0) is 4.79 Å². The van der Waals surface area contributed by atoms with Crippen LogP contribution < -0.4 is 5.32 Å². The summed E-state index contributed by atoms with van der Waals surface area (Å²) in [5.74, 6) is 0.584. The first-order valence-corrected chi connectivity index (χ1v) is 5.80. The molecule has 0 spiro atoms. The first-order chi connectivity index (χ1) is 7.72. The van der Waals surface area contributed by atoms with Crippen LogP contribution in [0.15, 0.2) is 24.3 Å². The summed E-state index contributed by atoms with van der Waals surface area (Å²) in [6, 6.07) is 7.10. The zero-order valence-corrected chi connectivity index (χ0v) is 9.44. The van der Waals surface area contributed by atoms with Crippen LogP contribution in [-0.4, -0.2) is 11.0 Å². The molecule has 0 saturated heterocycles. The topological polar surface area (TPSA) is 49.3 Å². The number of amides is 1. The standard InChI is InChI=1S/C13H17NO2/c1-2-11(14-13(16)9-7-8-9)10-5-3-4-6-12(10)15/h3-6,9,11,15H,2,7-8H2,1H3,(H,14,16)/t11-/m0/s1. The fourth-order valence-corrected chi connectivity index (χ4v) is 1.82. The van der Waals surface area contributed by atoms with Gasteiger partial charge in [-0.2, -0.15) is 0 Å². The summed E-state index contributed by atoms with van der Waals surface area (Å²) in [6.45, 7) is 2.00. The number of aromatic hydroxyl groups is 1. The molecule has 16 heavy (non-hydrogen) atoms. The van der Waals surface area contributed by atoms with E-state index in [1.165, 1.54) is 0 Å². The number of hydrogen-bond donors (Lipinski definition) is 2. The molecule has 2 rings (SSSR count). The number of carbonyl (C=O) groups is 1. The van der Waals surface area contributed by atoms with E-state index in [1.807, 2.05) is 19.1 Å². The number of phenolic OH excluding ortho intramolecular Hbond substituents is 1. The molecule has 1 aliphatic rings. The fourth-order valence-electron chi connectivity index (χ4n) is 1.82. The molecule has 1 saturated carbocycles. The summed E-state index contributed by atoms with van der Waals surface area (Å²) < 4.78 is 0. The van der Waals surface area contributed by atoms with Gasteiger partial charge in [-0.05, 0) is 25.3 Å². The highest BCUT2D eigenvalue weighted by Crippen LogP contribution is 2.31. The third-order valence-electron chi connectivity index (χ3n) is 2.99. The summed E-state index contributed by atoms with van der Waals surface area (Å²) in [5, 5.41) is 12.7. The molecule has 3 nitrogen and oxygen atoms in total. The summed E-state index contributed by atoms with van der Waals surface area (Å²) >= 11 is 0. The molecule has 0 aromatic heterocycles. The van der Waals surface area contributed by atoms with E-state index in [4.69, 9.17) is 0 Å². The maximum absolute atomic E-state index is 11.7. The van der Waals surface area contributed by atoms with Crippen molar-refractivity contribution in [1.29, 1.82) is 0 Å². The molecule has 1 atom stereocenters. The van der Waals surface area contributed by atoms with Crippen LogP contribution in [0, 0.1) is 5.92 Å². The molecule has 0 aliphatic heterocycles. The number of rotatable bonds is 4. The quantitative estimate of drug-likeness (QED) is 0.816. The fraction of sp³-hybridized carbons (Fsp3) is 0.462. The van der Waals surface area contributed by atoms with Crippen molar-refractivity contribution in [2.45, 2.75) is 32.2 Å². The van der Waals surface area contributed by atoms with Crippen molar-refractivity contribution >= 4 is 5.91 Å². The molecule has 0 bridgehead atoms. The van der Waals surface area contributed by atoms with Crippen LogP contribution in [0.1, 0.15) is 37.8 Å². The lowest BCUT2D eigenvalue weighted by Gasteiger charge is -2.18. The Hall–Kier alpha value is -1.51. The van der Waals surface area contributed by atoms with E-state index in [0.717, 1.165) is 24.8 Å². The predicted octanol–water partition coefficient (Wildman–Crippen LogP) is 2.37. The number of hydrogen-bond acceptors (Lipinski definition) is 2. The van der Waals surface area contributed by atoms with Gasteiger partial charge in [0.1, 0.15) is 5.75 Å². The van der Waals surface area contributed by atoms with Gasteiger partial charge in [-0.1, -0.05) is 25.1 Å². The minimum absolute atomic E-state index is 0.0747. The van der Waals surface area contributed by atoms with Crippen molar-refractivity contribution in [3.63, 3.8) is 0 Å². The van der Waals surface area contributed by atoms with Gasteiger partial charge in [-0.25, -0.2) is 0 Å². The van der Waals surface area contributed by atoms with Crippen molar-refractivity contribution < 1.29 is 9.90 Å². The van der Waals surface area contributed by atoms with Crippen LogP contribution in [0.25, 0.3) is 0 Å². The van der Waals surface area contributed by atoms with E-state index in [0.29, 0.717) is 0 Å². The minimum atomic E-state index is -0.0747. The van der Waals surface area contributed by atoms with Crippen molar-refractivity contribution in [2.24, 2.45) is 5.92 Å². The van der Waals surface area contributed by atoms with Crippen LogP contribution >= 0.6 is 0 Å². The highest BCUT2D eigenvalue weighted by Gasteiger charge is 2.31. The highest BCUT2D eigenvalue weighted by molar-refractivity contribution is 5.81. The lowest BCUT2D eigenvalue weighted by molar-refractivity contribution is -0.123. The van der Waals surface area contributed by atoms with E-state index < -0.39 is 0 Å². The van der Waals surface area contributed by atoms with Gasteiger partial charge in [-0.3, -0.25) is 4.79 Å². The van der Waals surface area contributed by atoms with Gasteiger partial charge >= 0.3 is 0 Å². The molecule has 1 aromatic carbocycles. The summed E-state index contributed by atoms with van der Waals surface area (Å²) in [5.41, 5.74) is 0.805. The van der Waals surface area contributed by atoms with Gasteiger partial charge in [-0.15, -0.1) is 0 Å². The molecule has 1 fully saturated rings. The zero-order chi connectivity index (χ0) is 11.5. The molecule has 1 amide bonds. The third kappa shape index (κ3) is 2.35. The number of phenols is 1.